The van der Waals surface area contributed by atoms with E-state index in [1.165, 1.54) is 24.2 Å². The number of hydrogen-bond donors (Lipinski definition) is 1. The van der Waals surface area contributed by atoms with E-state index in [0.29, 0.717) is 0 Å². The maximum absolute atomic E-state index is 12.4. The zero-order valence-corrected chi connectivity index (χ0v) is 16.2. The second-order valence-electron chi connectivity index (χ2n) is 5.29. The molecule has 1 saturated carbocycles. The average Bonchev–Trinajstić information content (AvgIpc) is 2.72. The Morgan fingerprint density at radius 1 is 1.47 bits per heavy atom. The molecule has 0 spiro atoms. The molecule has 1 heterocycles. The van der Waals surface area contributed by atoms with E-state index in [4.69, 9.17) is 0 Å². The summed E-state index contributed by atoms with van der Waals surface area (Å²) >= 11 is 12.0. The molecule has 1 aliphatic rings. The van der Waals surface area contributed by atoms with E-state index in [-0.39, 0.29) is 11.4 Å². The van der Waals surface area contributed by atoms with Crippen molar-refractivity contribution < 1.29 is 4.79 Å². The summed E-state index contributed by atoms with van der Waals surface area (Å²) in [4.78, 5) is 12.4. The van der Waals surface area contributed by atoms with Crippen LogP contribution in [0.15, 0.2) is 13.6 Å². The van der Waals surface area contributed by atoms with Gasteiger partial charge < -0.3 is 5.32 Å². The molecule has 2 rings (SSSR count). The Hall–Kier alpha value is 0.610. The van der Waals surface area contributed by atoms with Gasteiger partial charge in [0.25, 0.3) is 5.91 Å². The molecular formula is C13H16Br3NOS. The van der Waals surface area contributed by atoms with E-state index in [9.17, 15) is 4.79 Å². The summed E-state index contributed by atoms with van der Waals surface area (Å²) in [7, 11) is 0. The molecule has 106 valence electrons. The first-order valence-corrected chi connectivity index (χ1v) is 9.81. The van der Waals surface area contributed by atoms with E-state index in [1.807, 2.05) is 6.07 Å². The van der Waals surface area contributed by atoms with Crippen LogP contribution < -0.4 is 5.32 Å². The minimum atomic E-state index is -0.0859. The van der Waals surface area contributed by atoms with Crippen molar-refractivity contribution in [2.75, 3.05) is 5.33 Å². The lowest BCUT2D eigenvalue weighted by Gasteiger charge is -2.39. The number of alkyl halides is 1. The Bertz CT molecular complexity index is 466. The molecule has 0 aliphatic heterocycles. The summed E-state index contributed by atoms with van der Waals surface area (Å²) in [5.41, 5.74) is 0.632. The Kier molecular flexibility index (Phi) is 5.54. The summed E-state index contributed by atoms with van der Waals surface area (Å²) in [5, 5.41) is 4.06. The van der Waals surface area contributed by atoms with Crippen LogP contribution in [0.3, 0.4) is 0 Å². The maximum atomic E-state index is 12.4. The first kappa shape index (κ1) is 16.0. The third kappa shape index (κ3) is 3.83. The molecule has 1 aliphatic carbocycles. The van der Waals surface area contributed by atoms with Crippen molar-refractivity contribution in [3.63, 3.8) is 0 Å². The molecule has 2 nitrogen and oxygen atoms in total. The van der Waals surface area contributed by atoms with Crippen LogP contribution in [-0.2, 0) is 0 Å². The van der Waals surface area contributed by atoms with Gasteiger partial charge >= 0.3 is 0 Å². The Morgan fingerprint density at radius 2 is 2.11 bits per heavy atom. The lowest BCUT2D eigenvalue weighted by molar-refractivity contribution is 0.0874. The summed E-state index contributed by atoms with van der Waals surface area (Å²) < 4.78 is 1.85. The molecule has 0 saturated heterocycles. The fourth-order valence-electron chi connectivity index (χ4n) is 2.41. The molecular weight excluding hydrogens is 458 g/mol. The predicted octanol–water partition coefficient (Wildman–Crippen LogP) is 5.35. The zero-order chi connectivity index (χ0) is 14.0. The molecule has 0 unspecified atom stereocenters. The molecule has 1 aromatic rings. The van der Waals surface area contributed by atoms with Gasteiger partial charge in [-0.2, -0.15) is 0 Å². The van der Waals surface area contributed by atoms with E-state index >= 15 is 0 Å². The van der Waals surface area contributed by atoms with Gasteiger partial charge in [0.2, 0.25) is 0 Å². The van der Waals surface area contributed by atoms with Gasteiger partial charge in [0.15, 0.2) is 0 Å². The van der Waals surface area contributed by atoms with Crippen molar-refractivity contribution in [2.45, 2.75) is 38.1 Å². The van der Waals surface area contributed by atoms with Crippen LogP contribution in [0.2, 0.25) is 0 Å². The van der Waals surface area contributed by atoms with Crippen molar-refractivity contribution >= 4 is 65.0 Å². The highest BCUT2D eigenvalue weighted by atomic mass is 79.9. The largest absolute Gasteiger partial charge is 0.346 e. The van der Waals surface area contributed by atoms with Crippen molar-refractivity contribution in [1.29, 1.82) is 0 Å². The lowest BCUT2D eigenvalue weighted by atomic mass is 9.78. The second-order valence-corrected chi connectivity index (χ2v) is 9.60. The van der Waals surface area contributed by atoms with E-state index in [2.05, 4.69) is 60.0 Å². The number of carbonyl (C=O) groups is 1. The lowest BCUT2D eigenvalue weighted by Crippen LogP contribution is -2.52. The molecule has 1 N–H and O–H groups in total. The van der Waals surface area contributed by atoms with E-state index in [1.54, 1.807) is 0 Å². The number of halogens is 3. The van der Waals surface area contributed by atoms with Crippen LogP contribution in [0.5, 0.6) is 0 Å². The Balaban J connectivity index is 2.10. The van der Waals surface area contributed by atoms with Crippen LogP contribution in [0, 0.1) is 5.92 Å². The van der Waals surface area contributed by atoms with Gasteiger partial charge in [0.05, 0.1) is 18.7 Å². The molecule has 0 atom stereocenters. The smallest absolute Gasteiger partial charge is 0.253 e. The Morgan fingerprint density at radius 3 is 2.58 bits per heavy atom. The molecule has 1 aromatic heterocycles. The number of carbonyl (C=O) groups excluding carboxylic acids is 1. The number of thiophene rings is 1. The number of nitrogens with one attached hydrogen (secondary N) is 1. The van der Waals surface area contributed by atoms with Crippen LogP contribution >= 0.6 is 59.1 Å². The first-order valence-electron chi connectivity index (χ1n) is 6.29. The van der Waals surface area contributed by atoms with Crippen molar-refractivity contribution in [3.8, 4) is 0 Å². The van der Waals surface area contributed by atoms with E-state index in [0.717, 1.165) is 37.2 Å². The highest BCUT2D eigenvalue weighted by Gasteiger charge is 2.35. The number of rotatable bonds is 3. The maximum Gasteiger partial charge on any atom is 0.253 e. The van der Waals surface area contributed by atoms with Crippen LogP contribution in [0.1, 0.15) is 43.0 Å². The van der Waals surface area contributed by atoms with Crippen molar-refractivity contribution in [2.24, 2.45) is 5.92 Å². The molecule has 0 bridgehead atoms. The minimum absolute atomic E-state index is 0.0165. The molecule has 1 fully saturated rings. The van der Waals surface area contributed by atoms with Gasteiger partial charge in [0.1, 0.15) is 0 Å². The van der Waals surface area contributed by atoms with Crippen LogP contribution in [0.4, 0.5) is 0 Å². The van der Waals surface area contributed by atoms with Gasteiger partial charge in [-0.1, -0.05) is 22.9 Å². The molecule has 0 radical (unpaired) electrons. The number of amides is 1. The van der Waals surface area contributed by atoms with Gasteiger partial charge in [-0.15, -0.1) is 11.3 Å². The highest BCUT2D eigenvalue weighted by Crippen LogP contribution is 2.35. The third-order valence-corrected chi connectivity index (χ3v) is 7.18. The molecule has 1 amide bonds. The first-order chi connectivity index (χ1) is 8.96. The van der Waals surface area contributed by atoms with Gasteiger partial charge in [-0.05, 0) is 69.5 Å². The molecule has 19 heavy (non-hydrogen) atoms. The SMILES string of the molecule is CC1CCC(CBr)(NC(=O)c2cc(Br)sc2Br)CC1. The quantitative estimate of drug-likeness (QED) is 0.589. The third-order valence-electron chi connectivity index (χ3n) is 3.77. The molecule has 0 aromatic carbocycles. The normalized spacial score (nSPS) is 27.3. The van der Waals surface area contributed by atoms with Gasteiger partial charge in [-0.3, -0.25) is 4.79 Å². The van der Waals surface area contributed by atoms with Crippen LogP contribution in [0.25, 0.3) is 0 Å². The van der Waals surface area contributed by atoms with Gasteiger partial charge in [-0.25, -0.2) is 0 Å². The summed E-state index contributed by atoms with van der Waals surface area (Å²) in [6.45, 7) is 2.28. The van der Waals surface area contributed by atoms with Gasteiger partial charge in [0, 0.05) is 5.33 Å². The monoisotopic (exact) mass is 471 g/mol. The molecule has 6 heteroatoms. The highest BCUT2D eigenvalue weighted by molar-refractivity contribution is 9.12. The topological polar surface area (TPSA) is 29.1 Å². The standard InChI is InChI=1S/C13H16Br3NOS/c1-8-2-4-13(7-14,5-3-8)17-12(18)9-6-10(15)19-11(9)16/h6,8H,2-5,7H2,1H3,(H,17,18). The summed E-state index contributed by atoms with van der Waals surface area (Å²) in [5.74, 6) is 0.786. The fourth-order valence-corrected chi connectivity index (χ4v) is 5.90. The average molecular weight is 474 g/mol. The summed E-state index contributed by atoms with van der Waals surface area (Å²) in [6.07, 6.45) is 4.46. The summed E-state index contributed by atoms with van der Waals surface area (Å²) in [6, 6.07) is 1.87. The number of hydrogen-bond acceptors (Lipinski definition) is 2. The van der Waals surface area contributed by atoms with Crippen LogP contribution in [-0.4, -0.2) is 16.8 Å². The fraction of sp³-hybridized carbons (Fsp3) is 0.615. The van der Waals surface area contributed by atoms with Crippen molar-refractivity contribution in [3.05, 3.63) is 19.2 Å². The predicted molar refractivity (Wildman–Crippen MR) is 91.3 cm³/mol. The Labute approximate surface area is 143 Å². The second kappa shape index (κ2) is 6.58. The van der Waals surface area contributed by atoms with E-state index < -0.39 is 0 Å². The minimum Gasteiger partial charge on any atom is -0.346 e. The van der Waals surface area contributed by atoms with Crippen molar-refractivity contribution in [1.82, 2.24) is 5.32 Å². The zero-order valence-electron chi connectivity index (χ0n) is 10.6.